The summed E-state index contributed by atoms with van der Waals surface area (Å²) in [7, 11) is -1.88. The molecular formula is C29H36N6O2S. The summed E-state index contributed by atoms with van der Waals surface area (Å²) in [5.74, 6) is 0.387. The predicted molar refractivity (Wildman–Crippen MR) is 153 cm³/mol. The predicted octanol–water partition coefficient (Wildman–Crippen LogP) is 4.13. The van der Waals surface area contributed by atoms with E-state index in [-0.39, 0.29) is 0 Å². The maximum absolute atomic E-state index is 13.5. The first-order chi connectivity index (χ1) is 18.3. The number of aromatic nitrogens is 1. The Balaban J connectivity index is 1.43. The third kappa shape index (κ3) is 5.23. The molecule has 9 heteroatoms. The van der Waals surface area contributed by atoms with Crippen molar-refractivity contribution in [3.05, 3.63) is 64.8 Å². The summed E-state index contributed by atoms with van der Waals surface area (Å²) in [4.78, 5) is 7.25. The van der Waals surface area contributed by atoms with Gasteiger partial charge in [0.1, 0.15) is 0 Å². The van der Waals surface area contributed by atoms with Crippen molar-refractivity contribution in [2.75, 3.05) is 38.1 Å². The van der Waals surface area contributed by atoms with E-state index in [1.54, 1.807) is 13.1 Å². The van der Waals surface area contributed by atoms with Gasteiger partial charge < -0.3 is 21.0 Å². The van der Waals surface area contributed by atoms with E-state index in [9.17, 15) is 8.42 Å². The lowest BCUT2D eigenvalue weighted by atomic mass is 9.97. The van der Waals surface area contributed by atoms with Crippen LogP contribution in [-0.2, 0) is 23.0 Å². The maximum atomic E-state index is 13.5. The van der Waals surface area contributed by atoms with Gasteiger partial charge >= 0.3 is 0 Å². The van der Waals surface area contributed by atoms with Crippen molar-refractivity contribution in [2.24, 2.45) is 5.92 Å². The quantitative estimate of drug-likeness (QED) is 0.378. The first-order valence-corrected chi connectivity index (χ1v) is 14.7. The molecule has 1 aromatic heterocycles. The zero-order valence-electron chi connectivity index (χ0n) is 22.1. The number of sulfonamides is 1. The first kappa shape index (κ1) is 26.5. The van der Waals surface area contributed by atoms with Crippen LogP contribution in [0.5, 0.6) is 0 Å². The van der Waals surface area contributed by atoms with Crippen molar-refractivity contribution in [1.82, 2.24) is 14.6 Å². The summed E-state index contributed by atoms with van der Waals surface area (Å²) >= 11 is 0. The van der Waals surface area contributed by atoms with Crippen molar-refractivity contribution < 1.29 is 8.42 Å². The topological polar surface area (TPSA) is 113 Å². The van der Waals surface area contributed by atoms with Crippen molar-refractivity contribution in [3.8, 4) is 0 Å². The molecule has 0 bridgehead atoms. The SMILES string of the molecule is Cc1cc(C(=N)CC=N)cc2c(N3CCc4ccc(S(=O)(=O)N(C)CC5CCNCC5)cc4C3)ccnc12. The number of piperidine rings is 1. The molecule has 2 aliphatic heterocycles. The minimum Gasteiger partial charge on any atom is -0.366 e. The fraction of sp³-hybridized carbons (Fsp3) is 0.414. The third-order valence-corrected chi connectivity index (χ3v) is 9.70. The minimum absolute atomic E-state index is 0.293. The molecule has 3 aromatic rings. The Morgan fingerprint density at radius 2 is 1.97 bits per heavy atom. The molecule has 1 saturated heterocycles. The number of benzene rings is 2. The normalized spacial score (nSPS) is 16.6. The molecule has 1 fully saturated rings. The molecule has 0 amide bonds. The van der Waals surface area contributed by atoms with Crippen molar-refractivity contribution in [1.29, 1.82) is 10.8 Å². The summed E-state index contributed by atoms with van der Waals surface area (Å²) in [6, 6.07) is 11.6. The number of aryl methyl sites for hydroxylation is 1. The van der Waals surface area contributed by atoms with E-state index in [0.717, 1.165) is 72.2 Å². The highest BCUT2D eigenvalue weighted by molar-refractivity contribution is 7.89. The summed E-state index contributed by atoms with van der Waals surface area (Å²) < 4.78 is 28.4. The molecule has 0 spiro atoms. The van der Waals surface area contributed by atoms with Gasteiger partial charge in [-0.15, -0.1) is 0 Å². The number of fused-ring (bicyclic) bond motifs is 2. The Bertz CT molecular complexity index is 1480. The van der Waals surface area contributed by atoms with E-state index in [1.807, 2.05) is 43.5 Å². The Morgan fingerprint density at radius 1 is 1.18 bits per heavy atom. The van der Waals surface area contributed by atoms with Gasteiger partial charge in [0, 0.05) is 62.3 Å². The molecule has 0 unspecified atom stereocenters. The zero-order chi connectivity index (χ0) is 26.9. The maximum Gasteiger partial charge on any atom is 0.242 e. The number of pyridine rings is 1. The lowest BCUT2D eigenvalue weighted by molar-refractivity contribution is 0.311. The molecule has 8 nitrogen and oxygen atoms in total. The minimum atomic E-state index is -3.57. The molecule has 38 heavy (non-hydrogen) atoms. The molecule has 3 N–H and O–H groups in total. The van der Waals surface area contributed by atoms with Crippen LogP contribution in [0.1, 0.15) is 41.5 Å². The molecule has 200 valence electrons. The van der Waals surface area contributed by atoms with Crippen LogP contribution in [0.3, 0.4) is 0 Å². The fourth-order valence-corrected chi connectivity index (χ4v) is 6.99. The molecule has 0 radical (unpaired) electrons. The highest BCUT2D eigenvalue weighted by Crippen LogP contribution is 2.33. The molecule has 3 heterocycles. The largest absolute Gasteiger partial charge is 0.366 e. The van der Waals surface area contributed by atoms with Crippen LogP contribution < -0.4 is 10.2 Å². The van der Waals surface area contributed by atoms with Crippen LogP contribution in [0.15, 0.2) is 47.5 Å². The molecule has 0 aliphatic carbocycles. The number of anilines is 1. The molecule has 0 saturated carbocycles. The monoisotopic (exact) mass is 532 g/mol. The van der Waals surface area contributed by atoms with Crippen molar-refractivity contribution >= 4 is 38.5 Å². The van der Waals surface area contributed by atoms with Gasteiger partial charge in [0.2, 0.25) is 10.0 Å². The van der Waals surface area contributed by atoms with E-state index in [0.29, 0.717) is 36.0 Å². The number of rotatable bonds is 8. The van der Waals surface area contributed by atoms with Gasteiger partial charge in [0.25, 0.3) is 0 Å². The van der Waals surface area contributed by atoms with Crippen molar-refractivity contribution in [3.63, 3.8) is 0 Å². The Hall–Kier alpha value is -3.14. The Kier molecular flexibility index (Phi) is 7.61. The van der Waals surface area contributed by atoms with E-state index >= 15 is 0 Å². The van der Waals surface area contributed by atoms with Gasteiger partial charge in [0.05, 0.1) is 10.4 Å². The number of hydrogen-bond acceptors (Lipinski definition) is 7. The van der Waals surface area contributed by atoms with E-state index in [4.69, 9.17) is 10.8 Å². The first-order valence-electron chi connectivity index (χ1n) is 13.3. The standard InChI is InChI=1S/C29H36N6O2S/c1-20-15-23(27(31)5-10-30)17-26-28(8-13-33-29(20)26)35-14-9-22-3-4-25(16-24(22)19-35)38(36,37)34(2)18-21-6-11-32-12-7-21/h3-4,8,10,13,15-17,21,30-32H,5-7,9,11-12,14,18-19H2,1-2H3. The van der Waals surface area contributed by atoms with Gasteiger partial charge in [-0.25, -0.2) is 12.7 Å². The van der Waals surface area contributed by atoms with Gasteiger partial charge in [-0.2, -0.15) is 0 Å². The summed E-state index contributed by atoms with van der Waals surface area (Å²) in [6.45, 7) is 5.86. The van der Waals surface area contributed by atoms with Crippen LogP contribution in [0, 0.1) is 23.7 Å². The Morgan fingerprint density at radius 3 is 2.74 bits per heavy atom. The number of nitrogens with zero attached hydrogens (tertiary/aromatic N) is 3. The average molecular weight is 533 g/mol. The van der Waals surface area contributed by atoms with Crippen molar-refractivity contribution in [2.45, 2.75) is 44.0 Å². The number of hydrogen-bond donors (Lipinski definition) is 3. The van der Waals surface area contributed by atoms with Crippen LogP contribution >= 0.6 is 0 Å². The molecular weight excluding hydrogens is 496 g/mol. The van der Waals surface area contributed by atoms with Crippen LogP contribution in [0.4, 0.5) is 5.69 Å². The van der Waals surface area contributed by atoms with E-state index in [2.05, 4.69) is 15.2 Å². The fourth-order valence-electron chi connectivity index (χ4n) is 5.69. The summed E-state index contributed by atoms with van der Waals surface area (Å²) in [5, 5.41) is 20.1. The van der Waals surface area contributed by atoms with Gasteiger partial charge in [-0.1, -0.05) is 6.07 Å². The van der Waals surface area contributed by atoms with Gasteiger partial charge in [0.15, 0.2) is 0 Å². The smallest absolute Gasteiger partial charge is 0.242 e. The van der Waals surface area contributed by atoms with Crippen LogP contribution in [-0.4, -0.2) is 62.9 Å². The highest BCUT2D eigenvalue weighted by atomic mass is 32.2. The van der Waals surface area contributed by atoms with Gasteiger partial charge in [-0.05, 0) is 97.8 Å². The molecule has 5 rings (SSSR count). The third-order valence-electron chi connectivity index (χ3n) is 7.88. The van der Waals surface area contributed by atoms with Crippen LogP contribution in [0.2, 0.25) is 0 Å². The second-order valence-electron chi connectivity index (χ2n) is 10.5. The lowest BCUT2D eigenvalue weighted by Gasteiger charge is -2.32. The second-order valence-corrected chi connectivity index (χ2v) is 12.5. The molecule has 0 atom stereocenters. The van der Waals surface area contributed by atoms with Crippen LogP contribution in [0.25, 0.3) is 10.9 Å². The summed E-state index contributed by atoms with van der Waals surface area (Å²) in [6.07, 6.45) is 6.19. The molecule has 2 aromatic carbocycles. The zero-order valence-corrected chi connectivity index (χ0v) is 22.9. The Labute approximate surface area is 225 Å². The molecule has 2 aliphatic rings. The number of nitrogens with one attached hydrogen (secondary N) is 3. The highest BCUT2D eigenvalue weighted by Gasteiger charge is 2.27. The van der Waals surface area contributed by atoms with E-state index < -0.39 is 10.0 Å². The summed E-state index contributed by atoms with van der Waals surface area (Å²) in [5.41, 5.74) is 6.35. The van der Waals surface area contributed by atoms with E-state index in [1.165, 1.54) is 16.1 Å². The van der Waals surface area contributed by atoms with Gasteiger partial charge in [-0.3, -0.25) is 4.98 Å². The second kappa shape index (κ2) is 10.9. The average Bonchev–Trinajstić information content (AvgIpc) is 2.92. The lowest BCUT2D eigenvalue weighted by Crippen LogP contribution is -2.37.